The molecule has 7 radical (unpaired) electrons. The zero-order chi connectivity index (χ0) is 10.9. The summed E-state index contributed by atoms with van der Waals surface area (Å²) < 4.78 is 1.35. The molecule has 0 bridgehead atoms. The predicted octanol–water partition coefficient (Wildman–Crippen LogP) is 2.24. The van der Waals surface area contributed by atoms with Crippen LogP contribution in [0.2, 0.25) is 0 Å². The molecule has 0 fully saturated rings. The molecule has 2 aromatic carbocycles. The third-order valence-electron chi connectivity index (χ3n) is 1.87. The highest BCUT2D eigenvalue weighted by Gasteiger charge is 2.28. The van der Waals surface area contributed by atoms with Crippen LogP contribution < -0.4 is 3.69 Å². The number of hydrogen-bond donors (Lipinski definition) is 1. The van der Waals surface area contributed by atoms with Gasteiger partial charge in [0.1, 0.15) is 0 Å². The Balaban J connectivity index is 0.000000267. The molecule has 1 N–H and O–H groups in total. The van der Waals surface area contributed by atoms with E-state index >= 15 is 0 Å². The summed E-state index contributed by atoms with van der Waals surface area (Å²) in [6.45, 7) is 0.140. The number of rotatable bonds is 1. The van der Waals surface area contributed by atoms with E-state index in [2.05, 4.69) is 12.1 Å². The lowest BCUT2D eigenvalue weighted by Crippen LogP contribution is -1.97. The molecule has 2 aromatic rings. The van der Waals surface area contributed by atoms with Crippen molar-refractivity contribution in [2.75, 3.05) is 0 Å². The van der Waals surface area contributed by atoms with E-state index in [4.69, 9.17) is 5.11 Å². The third-order valence-corrected chi connectivity index (χ3v) is 2.34. The van der Waals surface area contributed by atoms with Gasteiger partial charge < -0.3 is 5.11 Å². The van der Waals surface area contributed by atoms with Gasteiger partial charge in [0, 0.05) is 12.1 Å². The van der Waals surface area contributed by atoms with Crippen molar-refractivity contribution in [1.82, 2.24) is 0 Å². The second kappa shape index (κ2) is 9.84. The molecule has 2 rings (SSSR count). The first-order valence-electron chi connectivity index (χ1n) is 4.84. The fraction of sp³-hybridized carbons (Fsp3) is 0.0769. The molecule has 1 nitrogen and oxygen atoms in total. The molecule has 3 heteroatoms. The molecule has 0 heterocycles. The van der Waals surface area contributed by atoms with Crippen LogP contribution >= 0.6 is 17.0 Å². The Morgan fingerprint density at radius 3 is 1.50 bits per heavy atom. The molecule has 79 valence electrons. The van der Waals surface area contributed by atoms with Gasteiger partial charge in [0.25, 0.3) is 0 Å². The van der Waals surface area contributed by atoms with Gasteiger partial charge in [-0.2, -0.15) is 0 Å². The molecule has 16 heavy (non-hydrogen) atoms. The van der Waals surface area contributed by atoms with Crippen LogP contribution in [0.25, 0.3) is 0 Å². The molecule has 0 spiro atoms. The van der Waals surface area contributed by atoms with Crippen molar-refractivity contribution < 1.29 is 5.11 Å². The van der Waals surface area contributed by atoms with Gasteiger partial charge in [-0.25, -0.2) is 0 Å². The van der Waals surface area contributed by atoms with Crippen molar-refractivity contribution in [3.8, 4) is 0 Å². The highest BCUT2D eigenvalue weighted by Crippen LogP contribution is 1.95. The molecule has 0 unspecified atom stereocenters. The van der Waals surface area contributed by atoms with Gasteiger partial charge in [-0.05, 0) is 5.56 Å². The molecule has 0 aliphatic rings. The maximum absolute atomic E-state index is 8.54. The summed E-state index contributed by atoms with van der Waals surface area (Å²) in [5.74, 6) is 0. The molecule has 0 aromatic heterocycles. The Morgan fingerprint density at radius 2 is 1.25 bits per heavy atom. The van der Waals surface area contributed by atoms with Gasteiger partial charge in [0.15, 0.2) is 0 Å². The maximum Gasteiger partial charge on any atom is 1.47 e. The molecule has 0 amide bonds. The summed E-state index contributed by atoms with van der Waals surface area (Å²) in [5, 5.41) is 8.54. The monoisotopic (exact) mass is 289 g/mol. The summed E-state index contributed by atoms with van der Waals surface area (Å²) >= 11 is 1.90. The Bertz CT molecular complexity index is 364. The fourth-order valence-electron chi connectivity index (χ4n) is 1.06. The molecule has 0 saturated carbocycles. The number of hydrogen-bond acceptors (Lipinski definition) is 1. The van der Waals surface area contributed by atoms with E-state index in [1.807, 2.05) is 70.2 Å². The topological polar surface area (TPSA) is 20.2 Å². The average molecular weight is 290 g/mol. The first kappa shape index (κ1) is 15.6. The van der Waals surface area contributed by atoms with Crippen molar-refractivity contribution in [3.63, 3.8) is 0 Å². The van der Waals surface area contributed by atoms with Crippen LogP contribution in [-0.2, 0) is 6.61 Å². The summed E-state index contributed by atoms with van der Waals surface area (Å²) in [6.07, 6.45) is 0. The number of aliphatic hydroxyl groups excluding tert-OH is 1. The van der Waals surface area contributed by atoms with Gasteiger partial charge in [-0.15, -0.1) is 17.0 Å². The van der Waals surface area contributed by atoms with Crippen molar-refractivity contribution in [2.24, 2.45) is 0 Å². The average Bonchev–Trinajstić information content (AvgIpc) is 2.32. The number of benzene rings is 2. The van der Waals surface area contributed by atoms with E-state index < -0.39 is 0 Å². The Labute approximate surface area is 120 Å². The van der Waals surface area contributed by atoms with Gasteiger partial charge in [0.05, 0.1) is 6.61 Å². The normalized spacial score (nSPS) is 8.38. The van der Waals surface area contributed by atoms with Crippen LogP contribution in [0.4, 0.5) is 0 Å². The van der Waals surface area contributed by atoms with E-state index in [0.717, 1.165) is 5.56 Å². The minimum absolute atomic E-state index is 0. The van der Waals surface area contributed by atoms with Gasteiger partial charge >= 0.3 is 25.4 Å². The zero-order valence-corrected chi connectivity index (χ0v) is 12.2. The molecule has 0 atom stereocenters. The van der Waals surface area contributed by atoms with Crippen molar-refractivity contribution in [2.45, 2.75) is 6.61 Å². The van der Waals surface area contributed by atoms with Crippen molar-refractivity contribution in [3.05, 3.63) is 66.2 Å². The lowest BCUT2D eigenvalue weighted by atomic mass is 10.2. The van der Waals surface area contributed by atoms with Crippen LogP contribution in [-0.4, -0.2) is 26.8 Å². The van der Waals surface area contributed by atoms with Crippen LogP contribution in [0.3, 0.4) is 0 Å². The summed E-state index contributed by atoms with van der Waals surface area (Å²) in [7, 11) is 0. The summed E-state index contributed by atoms with van der Waals surface area (Å²) in [5.41, 5.74) is 0.965. The standard InChI is InChI=1S/C7H8O.C6H5.BrH.Mg/c8-6-7-4-2-1-3-5-7;1-2-4-6-5-3-1;;/h1-5,8H,6H2;1-5H;1H;/q;;;+2. The molecule has 0 aliphatic heterocycles. The predicted molar refractivity (Wildman–Crippen MR) is 74.5 cm³/mol. The first-order chi connectivity index (χ1) is 7.33. The Hall–Kier alpha value is -0.354. The van der Waals surface area contributed by atoms with E-state index in [-0.39, 0.29) is 23.6 Å². The lowest BCUT2D eigenvalue weighted by Gasteiger charge is -1.89. The van der Waals surface area contributed by atoms with Crippen LogP contribution in [0.1, 0.15) is 5.56 Å². The SMILES string of the molecule is Br.OCc1ccccc1.[Mg+2][c]1ccccc1. The van der Waals surface area contributed by atoms with Gasteiger partial charge in [-0.3, -0.25) is 0 Å². The number of halogens is 1. The van der Waals surface area contributed by atoms with Gasteiger partial charge in [-0.1, -0.05) is 48.5 Å². The second-order valence-electron chi connectivity index (χ2n) is 3.13. The van der Waals surface area contributed by atoms with Gasteiger partial charge in [0.2, 0.25) is 0 Å². The minimum Gasteiger partial charge on any atom is -0.392 e. The largest absolute Gasteiger partial charge is 1.47 e. The van der Waals surface area contributed by atoms with E-state index in [9.17, 15) is 0 Å². The molecular weight excluding hydrogens is 276 g/mol. The summed E-state index contributed by atoms with van der Waals surface area (Å²) in [4.78, 5) is 0. The highest BCUT2D eigenvalue weighted by atomic mass is 79.9. The van der Waals surface area contributed by atoms with Crippen LogP contribution in [0, 0.1) is 0 Å². The van der Waals surface area contributed by atoms with E-state index in [1.54, 1.807) is 0 Å². The van der Waals surface area contributed by atoms with E-state index in [0.29, 0.717) is 0 Å². The van der Waals surface area contributed by atoms with Crippen molar-refractivity contribution >= 4 is 42.4 Å². The second-order valence-corrected chi connectivity index (χ2v) is 3.95. The maximum atomic E-state index is 8.54. The summed E-state index contributed by atoms with van der Waals surface area (Å²) in [6, 6.07) is 19.8. The van der Waals surface area contributed by atoms with Crippen LogP contribution in [0.15, 0.2) is 60.7 Å². The minimum atomic E-state index is 0. The molecular formula is C13H14BrMgO+2. The molecule has 0 aliphatic carbocycles. The Kier molecular flexibility index (Phi) is 9.63. The zero-order valence-electron chi connectivity index (χ0n) is 9.04. The first-order valence-corrected chi connectivity index (χ1v) is 5.55. The smallest absolute Gasteiger partial charge is 0.392 e. The van der Waals surface area contributed by atoms with E-state index in [1.165, 1.54) is 3.69 Å². The third kappa shape index (κ3) is 7.01. The lowest BCUT2D eigenvalue weighted by molar-refractivity contribution is 0.282. The Morgan fingerprint density at radius 1 is 0.812 bits per heavy atom. The number of aliphatic hydroxyl groups is 1. The quantitative estimate of drug-likeness (QED) is 0.799. The molecule has 0 saturated heterocycles. The fourth-order valence-corrected chi connectivity index (χ4v) is 1.33. The van der Waals surface area contributed by atoms with Crippen molar-refractivity contribution in [1.29, 1.82) is 0 Å². The van der Waals surface area contributed by atoms with Crippen LogP contribution in [0.5, 0.6) is 0 Å². The highest BCUT2D eigenvalue weighted by molar-refractivity contribution is 8.93.